The third-order valence-corrected chi connectivity index (χ3v) is 5.00. The molecule has 1 aliphatic rings. The molecule has 1 fully saturated rings. The Kier molecular flexibility index (Phi) is 4.47. The van der Waals surface area contributed by atoms with Crippen molar-refractivity contribution in [2.45, 2.75) is 13.5 Å². The lowest BCUT2D eigenvalue weighted by Crippen LogP contribution is -2.48. The zero-order valence-electron chi connectivity index (χ0n) is 14.7. The molecule has 3 aromatic rings. The predicted octanol–water partition coefficient (Wildman–Crippen LogP) is 3.84. The summed E-state index contributed by atoms with van der Waals surface area (Å²) in [5.41, 5.74) is 2.54. The monoisotopic (exact) mass is 352 g/mol. The second kappa shape index (κ2) is 6.92. The normalized spacial score (nSPS) is 15.5. The van der Waals surface area contributed by atoms with Crippen LogP contribution < -0.4 is 0 Å². The van der Waals surface area contributed by atoms with Gasteiger partial charge in [0, 0.05) is 43.7 Å². The Morgan fingerprint density at radius 2 is 1.81 bits per heavy atom. The van der Waals surface area contributed by atoms with Gasteiger partial charge in [-0.3, -0.25) is 9.69 Å². The fourth-order valence-electron chi connectivity index (χ4n) is 3.49. The van der Waals surface area contributed by atoms with Crippen molar-refractivity contribution in [1.82, 2.24) is 9.80 Å². The maximum atomic E-state index is 13.5. The highest BCUT2D eigenvalue weighted by Crippen LogP contribution is 2.27. The molecule has 0 spiro atoms. The molecule has 134 valence electrons. The molecule has 26 heavy (non-hydrogen) atoms. The second-order valence-electron chi connectivity index (χ2n) is 6.75. The van der Waals surface area contributed by atoms with E-state index < -0.39 is 0 Å². The summed E-state index contributed by atoms with van der Waals surface area (Å²) in [5, 5.41) is 0.663. The first kappa shape index (κ1) is 16.8. The van der Waals surface area contributed by atoms with Gasteiger partial charge in [-0.05, 0) is 30.7 Å². The summed E-state index contributed by atoms with van der Waals surface area (Å²) in [6, 6.07) is 14.7. The van der Waals surface area contributed by atoms with E-state index >= 15 is 0 Å². The van der Waals surface area contributed by atoms with Crippen LogP contribution in [0.2, 0.25) is 0 Å². The molecule has 1 aliphatic heterocycles. The van der Waals surface area contributed by atoms with Gasteiger partial charge < -0.3 is 9.32 Å². The average molecular weight is 352 g/mol. The zero-order chi connectivity index (χ0) is 18.1. The third kappa shape index (κ3) is 3.22. The first-order chi connectivity index (χ1) is 12.6. The van der Waals surface area contributed by atoms with Crippen molar-refractivity contribution >= 4 is 16.9 Å². The number of piperazine rings is 1. The van der Waals surface area contributed by atoms with Gasteiger partial charge in [0.15, 0.2) is 5.76 Å². The van der Waals surface area contributed by atoms with Gasteiger partial charge in [0.25, 0.3) is 5.91 Å². The van der Waals surface area contributed by atoms with Crippen LogP contribution in [0, 0.1) is 12.7 Å². The maximum Gasteiger partial charge on any atom is 0.289 e. The van der Waals surface area contributed by atoms with Gasteiger partial charge in [-0.25, -0.2) is 4.39 Å². The van der Waals surface area contributed by atoms with Crippen molar-refractivity contribution < 1.29 is 13.6 Å². The molecule has 0 radical (unpaired) electrons. The van der Waals surface area contributed by atoms with Gasteiger partial charge >= 0.3 is 0 Å². The minimum absolute atomic E-state index is 0.113. The minimum atomic E-state index is -0.324. The van der Waals surface area contributed by atoms with E-state index in [1.54, 1.807) is 6.07 Å². The van der Waals surface area contributed by atoms with Crippen molar-refractivity contribution in [1.29, 1.82) is 0 Å². The number of rotatable bonds is 3. The van der Waals surface area contributed by atoms with Gasteiger partial charge in [-0.1, -0.05) is 30.3 Å². The number of fused-ring (bicyclic) bond motifs is 1. The summed E-state index contributed by atoms with van der Waals surface area (Å²) in [6.07, 6.45) is 0. The molecule has 4 nitrogen and oxygen atoms in total. The van der Waals surface area contributed by atoms with Crippen molar-refractivity contribution in [3.8, 4) is 0 Å². The van der Waals surface area contributed by atoms with E-state index in [1.807, 2.05) is 30.0 Å². The Balaban J connectivity index is 1.44. The third-order valence-electron chi connectivity index (χ3n) is 5.00. The summed E-state index contributed by atoms with van der Waals surface area (Å²) >= 11 is 0. The molecule has 0 N–H and O–H groups in total. The van der Waals surface area contributed by atoms with Crippen molar-refractivity contribution in [2.24, 2.45) is 0 Å². The van der Waals surface area contributed by atoms with Gasteiger partial charge in [-0.2, -0.15) is 0 Å². The SMILES string of the molecule is Cc1c(C(=O)N2CCN(Cc3ccccc3)CC2)oc2ccc(F)cc12. The zero-order valence-corrected chi connectivity index (χ0v) is 14.7. The summed E-state index contributed by atoms with van der Waals surface area (Å²) < 4.78 is 19.2. The lowest BCUT2D eigenvalue weighted by atomic mass is 10.1. The topological polar surface area (TPSA) is 36.7 Å². The number of carbonyl (C=O) groups is 1. The molecule has 2 heterocycles. The molecule has 1 saturated heterocycles. The smallest absolute Gasteiger partial charge is 0.289 e. The van der Waals surface area contributed by atoms with E-state index in [1.165, 1.54) is 17.7 Å². The number of benzene rings is 2. The molecule has 5 heteroatoms. The van der Waals surface area contributed by atoms with Crippen molar-refractivity contribution in [3.05, 3.63) is 71.2 Å². The number of carbonyl (C=O) groups excluding carboxylic acids is 1. The van der Waals surface area contributed by atoms with E-state index in [4.69, 9.17) is 4.42 Å². The number of amides is 1. The lowest BCUT2D eigenvalue weighted by molar-refractivity contribution is 0.0599. The fraction of sp³-hybridized carbons (Fsp3) is 0.286. The lowest BCUT2D eigenvalue weighted by Gasteiger charge is -2.34. The van der Waals surface area contributed by atoms with Gasteiger partial charge in [0.05, 0.1) is 0 Å². The molecule has 0 bridgehead atoms. The number of hydrogen-bond acceptors (Lipinski definition) is 3. The van der Waals surface area contributed by atoms with Crippen molar-refractivity contribution in [3.63, 3.8) is 0 Å². The molecule has 0 saturated carbocycles. The molecule has 0 atom stereocenters. The van der Waals surface area contributed by atoms with E-state index in [-0.39, 0.29) is 11.7 Å². The van der Waals surface area contributed by atoms with Crippen LogP contribution in [0.5, 0.6) is 0 Å². The molecule has 2 aromatic carbocycles. The van der Waals surface area contributed by atoms with Crippen molar-refractivity contribution in [2.75, 3.05) is 26.2 Å². The first-order valence-electron chi connectivity index (χ1n) is 8.86. The summed E-state index contributed by atoms with van der Waals surface area (Å²) in [4.78, 5) is 17.0. The van der Waals surface area contributed by atoms with E-state index in [0.717, 1.165) is 19.6 Å². The highest BCUT2D eigenvalue weighted by molar-refractivity contribution is 5.99. The molecule has 1 aromatic heterocycles. The van der Waals surface area contributed by atoms with Gasteiger partial charge in [0.2, 0.25) is 0 Å². The predicted molar refractivity (Wildman–Crippen MR) is 98.5 cm³/mol. The van der Waals surface area contributed by atoms with E-state index in [0.29, 0.717) is 35.4 Å². The Morgan fingerprint density at radius 3 is 2.54 bits per heavy atom. The molecule has 4 rings (SSSR count). The number of nitrogens with zero attached hydrogens (tertiary/aromatic N) is 2. The second-order valence-corrected chi connectivity index (χ2v) is 6.75. The maximum absolute atomic E-state index is 13.5. The minimum Gasteiger partial charge on any atom is -0.451 e. The van der Waals surface area contributed by atoms with Crippen LogP contribution in [0.3, 0.4) is 0 Å². The Bertz CT molecular complexity index is 928. The summed E-state index contributed by atoms with van der Waals surface area (Å²) in [7, 11) is 0. The average Bonchev–Trinajstić information content (AvgIpc) is 2.99. The van der Waals surface area contributed by atoms with Crippen LogP contribution in [0.1, 0.15) is 21.7 Å². The first-order valence-corrected chi connectivity index (χ1v) is 8.86. The highest BCUT2D eigenvalue weighted by atomic mass is 19.1. The highest BCUT2D eigenvalue weighted by Gasteiger charge is 2.26. The number of furan rings is 1. The Morgan fingerprint density at radius 1 is 1.08 bits per heavy atom. The standard InChI is InChI=1S/C21H21FN2O2/c1-15-18-13-17(22)7-8-19(18)26-20(15)21(25)24-11-9-23(10-12-24)14-16-5-3-2-4-6-16/h2-8,13H,9-12,14H2,1H3. The van der Waals surface area contributed by atoms with Crippen LogP contribution in [0.25, 0.3) is 11.0 Å². The molecule has 0 aliphatic carbocycles. The van der Waals surface area contributed by atoms with Crippen LogP contribution >= 0.6 is 0 Å². The van der Waals surface area contributed by atoms with Crippen LogP contribution in [0.4, 0.5) is 4.39 Å². The van der Waals surface area contributed by atoms with E-state index in [9.17, 15) is 9.18 Å². The Hall–Kier alpha value is -2.66. The molecular formula is C21H21FN2O2. The summed E-state index contributed by atoms with van der Waals surface area (Å²) in [5.74, 6) is -0.115. The van der Waals surface area contributed by atoms with Gasteiger partial charge in [-0.15, -0.1) is 0 Å². The Labute approximate surface area is 151 Å². The molecule has 0 unspecified atom stereocenters. The summed E-state index contributed by atoms with van der Waals surface area (Å²) in [6.45, 7) is 5.69. The number of halogens is 1. The largest absolute Gasteiger partial charge is 0.451 e. The van der Waals surface area contributed by atoms with E-state index in [2.05, 4.69) is 17.0 Å². The molecule has 1 amide bonds. The van der Waals surface area contributed by atoms with Crippen LogP contribution in [-0.2, 0) is 6.54 Å². The van der Waals surface area contributed by atoms with Crippen LogP contribution in [-0.4, -0.2) is 41.9 Å². The van der Waals surface area contributed by atoms with Gasteiger partial charge in [0.1, 0.15) is 11.4 Å². The quantitative estimate of drug-likeness (QED) is 0.719. The number of hydrogen-bond donors (Lipinski definition) is 0. The fourth-order valence-corrected chi connectivity index (χ4v) is 3.49. The molecular weight excluding hydrogens is 331 g/mol. The van der Waals surface area contributed by atoms with Crippen LogP contribution in [0.15, 0.2) is 52.9 Å². The number of aryl methyl sites for hydroxylation is 1.